The zero-order valence-corrected chi connectivity index (χ0v) is 12.0. The predicted octanol–water partition coefficient (Wildman–Crippen LogP) is 2.94. The maximum atomic E-state index is 12.8. The molecule has 0 N–H and O–H groups in total. The van der Waals surface area contributed by atoms with Gasteiger partial charge in [0.25, 0.3) is 5.69 Å². The topological polar surface area (TPSA) is 63.5 Å². The van der Waals surface area contributed by atoms with Crippen LogP contribution in [0.5, 0.6) is 0 Å². The van der Waals surface area contributed by atoms with Crippen LogP contribution in [-0.4, -0.2) is 22.8 Å². The van der Waals surface area contributed by atoms with Crippen LogP contribution < -0.4 is 0 Å². The molecule has 0 aliphatic rings. The normalized spacial score (nSPS) is 10.3. The van der Waals surface area contributed by atoms with Crippen molar-refractivity contribution in [2.45, 2.75) is 13.0 Å². The molecule has 5 nitrogen and oxygen atoms in total. The molecule has 0 atom stereocenters. The number of carbonyl (C=O) groups excluding carboxylic acids is 1. The first-order chi connectivity index (χ1) is 10.5. The van der Waals surface area contributed by atoms with E-state index in [9.17, 15) is 19.3 Å². The highest BCUT2D eigenvalue weighted by molar-refractivity contribution is 5.79. The lowest BCUT2D eigenvalue weighted by Crippen LogP contribution is -2.27. The van der Waals surface area contributed by atoms with Gasteiger partial charge in [0, 0.05) is 25.2 Å². The molecule has 0 spiro atoms. The lowest BCUT2D eigenvalue weighted by atomic mass is 10.1. The molecule has 2 aromatic carbocycles. The number of nitro benzene ring substituents is 1. The monoisotopic (exact) mass is 302 g/mol. The van der Waals surface area contributed by atoms with Gasteiger partial charge in [-0.3, -0.25) is 14.9 Å². The van der Waals surface area contributed by atoms with Gasteiger partial charge in [0.15, 0.2) is 0 Å². The summed E-state index contributed by atoms with van der Waals surface area (Å²) in [5.41, 5.74) is 1.11. The van der Waals surface area contributed by atoms with Crippen molar-refractivity contribution in [3.63, 3.8) is 0 Å². The number of likely N-dealkylation sites (N-methyl/N-ethyl adjacent to an activating group) is 1. The molecule has 22 heavy (non-hydrogen) atoms. The number of halogens is 1. The summed E-state index contributed by atoms with van der Waals surface area (Å²) in [6, 6.07) is 12.0. The van der Waals surface area contributed by atoms with E-state index in [-0.39, 0.29) is 23.8 Å². The van der Waals surface area contributed by atoms with E-state index in [1.807, 2.05) is 0 Å². The lowest BCUT2D eigenvalue weighted by Gasteiger charge is -2.17. The van der Waals surface area contributed by atoms with E-state index >= 15 is 0 Å². The molecule has 0 aliphatic heterocycles. The summed E-state index contributed by atoms with van der Waals surface area (Å²) in [6.07, 6.45) is -0.0468. The number of para-hydroxylation sites is 1. The van der Waals surface area contributed by atoms with Gasteiger partial charge in [-0.25, -0.2) is 4.39 Å². The molecule has 114 valence electrons. The van der Waals surface area contributed by atoms with Crippen LogP contribution in [0.1, 0.15) is 11.1 Å². The van der Waals surface area contributed by atoms with Crippen molar-refractivity contribution in [1.29, 1.82) is 0 Å². The summed E-state index contributed by atoms with van der Waals surface area (Å²) in [7, 11) is 1.61. The zero-order chi connectivity index (χ0) is 16.1. The molecule has 6 heteroatoms. The van der Waals surface area contributed by atoms with Crippen LogP contribution in [0.3, 0.4) is 0 Å². The van der Waals surface area contributed by atoms with Gasteiger partial charge in [-0.15, -0.1) is 0 Å². The Kier molecular flexibility index (Phi) is 4.83. The first-order valence-electron chi connectivity index (χ1n) is 6.68. The Labute approximate surface area is 127 Å². The maximum absolute atomic E-state index is 12.8. The number of nitrogens with zero attached hydrogens (tertiary/aromatic N) is 2. The summed E-state index contributed by atoms with van der Waals surface area (Å²) in [6.45, 7) is 0.319. The second kappa shape index (κ2) is 6.80. The van der Waals surface area contributed by atoms with Gasteiger partial charge in [0.2, 0.25) is 5.91 Å². The highest BCUT2D eigenvalue weighted by Gasteiger charge is 2.17. The molecule has 0 heterocycles. The number of hydrogen-bond donors (Lipinski definition) is 0. The zero-order valence-electron chi connectivity index (χ0n) is 12.0. The van der Waals surface area contributed by atoms with E-state index in [0.717, 1.165) is 5.56 Å². The van der Waals surface area contributed by atoms with Gasteiger partial charge in [-0.2, -0.15) is 0 Å². The smallest absolute Gasteiger partial charge is 0.273 e. The van der Waals surface area contributed by atoms with E-state index in [1.54, 1.807) is 37.4 Å². The van der Waals surface area contributed by atoms with Crippen molar-refractivity contribution < 1.29 is 14.1 Å². The number of benzene rings is 2. The highest BCUT2D eigenvalue weighted by Crippen LogP contribution is 2.19. The van der Waals surface area contributed by atoms with E-state index in [4.69, 9.17) is 0 Å². The lowest BCUT2D eigenvalue weighted by molar-refractivity contribution is -0.385. The molecule has 0 aromatic heterocycles. The molecule has 0 saturated heterocycles. The highest BCUT2D eigenvalue weighted by atomic mass is 19.1. The average Bonchev–Trinajstić information content (AvgIpc) is 2.49. The Morgan fingerprint density at radius 3 is 2.45 bits per heavy atom. The summed E-state index contributed by atoms with van der Waals surface area (Å²) in [5, 5.41) is 10.9. The minimum Gasteiger partial charge on any atom is -0.341 e. The minimum absolute atomic E-state index is 0.0468. The molecule has 2 rings (SSSR count). The van der Waals surface area contributed by atoms with Gasteiger partial charge in [-0.1, -0.05) is 30.3 Å². The van der Waals surface area contributed by atoms with Crippen molar-refractivity contribution in [1.82, 2.24) is 4.90 Å². The molecule has 0 bridgehead atoms. The minimum atomic E-state index is -0.497. The third-order valence-electron chi connectivity index (χ3n) is 3.29. The van der Waals surface area contributed by atoms with E-state index < -0.39 is 4.92 Å². The van der Waals surface area contributed by atoms with Gasteiger partial charge in [0.05, 0.1) is 11.3 Å². The summed E-state index contributed by atoms with van der Waals surface area (Å²) in [5.74, 6) is -0.573. The number of nitro groups is 1. The van der Waals surface area contributed by atoms with E-state index in [0.29, 0.717) is 12.1 Å². The van der Waals surface area contributed by atoms with Crippen LogP contribution >= 0.6 is 0 Å². The van der Waals surface area contributed by atoms with Crippen molar-refractivity contribution >= 4 is 11.6 Å². The molecular formula is C16H15FN2O3. The van der Waals surface area contributed by atoms with Gasteiger partial charge in [-0.05, 0) is 17.7 Å². The fraction of sp³-hybridized carbons (Fsp3) is 0.188. The fourth-order valence-corrected chi connectivity index (χ4v) is 2.09. The second-order valence-corrected chi connectivity index (χ2v) is 4.94. The van der Waals surface area contributed by atoms with Crippen LogP contribution in [0.25, 0.3) is 0 Å². The Balaban J connectivity index is 2.05. The second-order valence-electron chi connectivity index (χ2n) is 4.94. The first-order valence-corrected chi connectivity index (χ1v) is 6.68. The third-order valence-corrected chi connectivity index (χ3v) is 3.29. The quantitative estimate of drug-likeness (QED) is 0.630. The Morgan fingerprint density at radius 1 is 1.18 bits per heavy atom. The molecular weight excluding hydrogens is 287 g/mol. The van der Waals surface area contributed by atoms with Crippen molar-refractivity contribution in [2.24, 2.45) is 0 Å². The summed E-state index contributed by atoms with van der Waals surface area (Å²) >= 11 is 0. The molecule has 0 unspecified atom stereocenters. The number of amides is 1. The van der Waals surface area contributed by atoms with Crippen LogP contribution in [0, 0.1) is 15.9 Å². The average molecular weight is 302 g/mol. The Morgan fingerprint density at radius 2 is 1.82 bits per heavy atom. The van der Waals surface area contributed by atoms with Gasteiger partial charge < -0.3 is 4.90 Å². The Hall–Kier alpha value is -2.76. The van der Waals surface area contributed by atoms with Crippen molar-refractivity contribution in [2.75, 3.05) is 7.05 Å². The Bertz CT molecular complexity index is 686. The molecule has 0 saturated carbocycles. The standard InChI is InChI=1S/C16H15FN2O3/c1-18(11-12-6-8-14(17)9-7-12)16(20)10-13-4-2-3-5-15(13)19(21)22/h2-9H,10-11H2,1H3. The van der Waals surface area contributed by atoms with Crippen molar-refractivity contribution in [3.8, 4) is 0 Å². The first kappa shape index (κ1) is 15.6. The molecule has 0 fully saturated rings. The molecule has 2 aromatic rings. The number of hydrogen-bond acceptors (Lipinski definition) is 3. The van der Waals surface area contributed by atoms with Gasteiger partial charge >= 0.3 is 0 Å². The van der Waals surface area contributed by atoms with Crippen LogP contribution in [0.4, 0.5) is 10.1 Å². The predicted molar refractivity (Wildman–Crippen MR) is 79.7 cm³/mol. The summed E-state index contributed by atoms with van der Waals surface area (Å²) in [4.78, 5) is 24.1. The maximum Gasteiger partial charge on any atom is 0.273 e. The largest absolute Gasteiger partial charge is 0.341 e. The van der Waals surface area contributed by atoms with E-state index in [2.05, 4.69) is 0 Å². The van der Waals surface area contributed by atoms with Crippen LogP contribution in [-0.2, 0) is 17.8 Å². The van der Waals surface area contributed by atoms with Crippen LogP contribution in [0.2, 0.25) is 0 Å². The molecule has 0 radical (unpaired) electrons. The molecule has 0 aliphatic carbocycles. The van der Waals surface area contributed by atoms with E-state index in [1.165, 1.54) is 23.1 Å². The molecule has 1 amide bonds. The number of carbonyl (C=O) groups is 1. The SMILES string of the molecule is CN(Cc1ccc(F)cc1)C(=O)Cc1ccccc1[N+](=O)[O-]. The number of rotatable bonds is 5. The third kappa shape index (κ3) is 3.88. The summed E-state index contributed by atoms with van der Waals surface area (Å²) < 4.78 is 12.8. The van der Waals surface area contributed by atoms with Crippen molar-refractivity contribution in [3.05, 3.63) is 75.6 Å². The van der Waals surface area contributed by atoms with Gasteiger partial charge in [0.1, 0.15) is 5.82 Å². The van der Waals surface area contributed by atoms with Crippen LogP contribution in [0.15, 0.2) is 48.5 Å². The fourth-order valence-electron chi connectivity index (χ4n) is 2.09.